The standard InChI is InChI=1S/C12H23N3/c1-5-15-10(8-9-14-15)6-7-11(13)12(2,3)4/h8-9,11H,5-7,13H2,1-4H3. The molecule has 0 bridgehead atoms. The maximum Gasteiger partial charge on any atom is 0.0492 e. The number of rotatable bonds is 4. The van der Waals surface area contributed by atoms with E-state index in [9.17, 15) is 0 Å². The van der Waals surface area contributed by atoms with Crippen LogP contribution in [0.3, 0.4) is 0 Å². The van der Waals surface area contributed by atoms with Gasteiger partial charge in [0.15, 0.2) is 0 Å². The molecular weight excluding hydrogens is 186 g/mol. The van der Waals surface area contributed by atoms with E-state index in [0.717, 1.165) is 19.4 Å². The maximum atomic E-state index is 6.13. The molecule has 0 aromatic carbocycles. The Morgan fingerprint density at radius 1 is 1.47 bits per heavy atom. The average molecular weight is 209 g/mol. The highest BCUT2D eigenvalue weighted by molar-refractivity contribution is 5.01. The second kappa shape index (κ2) is 4.79. The van der Waals surface area contributed by atoms with Crippen LogP contribution in [-0.2, 0) is 13.0 Å². The van der Waals surface area contributed by atoms with E-state index in [2.05, 4.69) is 38.9 Å². The molecule has 2 N–H and O–H groups in total. The Balaban J connectivity index is 2.50. The SMILES string of the molecule is CCn1nccc1CCC(N)C(C)(C)C. The topological polar surface area (TPSA) is 43.8 Å². The third kappa shape index (κ3) is 3.34. The van der Waals surface area contributed by atoms with Crippen molar-refractivity contribution in [2.45, 2.75) is 53.1 Å². The summed E-state index contributed by atoms with van der Waals surface area (Å²) in [5, 5.41) is 4.25. The van der Waals surface area contributed by atoms with Crippen LogP contribution in [0.2, 0.25) is 0 Å². The van der Waals surface area contributed by atoms with Gasteiger partial charge in [-0.15, -0.1) is 0 Å². The van der Waals surface area contributed by atoms with Gasteiger partial charge in [-0.2, -0.15) is 5.10 Å². The van der Waals surface area contributed by atoms with E-state index in [4.69, 9.17) is 5.73 Å². The molecule has 1 aromatic heterocycles. The Kier molecular flexibility index (Phi) is 3.91. The number of hydrogen-bond donors (Lipinski definition) is 1. The highest BCUT2D eigenvalue weighted by Crippen LogP contribution is 2.21. The lowest BCUT2D eigenvalue weighted by atomic mass is 9.84. The van der Waals surface area contributed by atoms with Crippen LogP contribution < -0.4 is 5.73 Å². The minimum Gasteiger partial charge on any atom is -0.327 e. The van der Waals surface area contributed by atoms with Crippen molar-refractivity contribution in [3.05, 3.63) is 18.0 Å². The molecule has 0 fully saturated rings. The first kappa shape index (κ1) is 12.2. The predicted octanol–water partition coefficient (Wildman–Crippen LogP) is 2.21. The van der Waals surface area contributed by atoms with Gasteiger partial charge < -0.3 is 5.73 Å². The molecular formula is C12H23N3. The number of aromatic nitrogens is 2. The first-order chi connectivity index (χ1) is 6.95. The van der Waals surface area contributed by atoms with Gasteiger partial charge in [0.2, 0.25) is 0 Å². The lowest BCUT2D eigenvalue weighted by molar-refractivity contribution is 0.304. The second-order valence-electron chi connectivity index (χ2n) is 5.15. The molecule has 86 valence electrons. The number of hydrogen-bond acceptors (Lipinski definition) is 2. The number of aryl methyl sites for hydroxylation is 2. The fourth-order valence-corrected chi connectivity index (χ4v) is 1.59. The molecule has 0 saturated heterocycles. The zero-order valence-electron chi connectivity index (χ0n) is 10.3. The van der Waals surface area contributed by atoms with E-state index < -0.39 is 0 Å². The van der Waals surface area contributed by atoms with Crippen molar-refractivity contribution in [2.75, 3.05) is 0 Å². The number of nitrogens with zero attached hydrogens (tertiary/aromatic N) is 2. The second-order valence-corrected chi connectivity index (χ2v) is 5.15. The molecule has 15 heavy (non-hydrogen) atoms. The minimum atomic E-state index is 0.192. The maximum absolute atomic E-state index is 6.13. The van der Waals surface area contributed by atoms with Crippen LogP contribution in [0.1, 0.15) is 39.8 Å². The highest BCUT2D eigenvalue weighted by atomic mass is 15.3. The lowest BCUT2D eigenvalue weighted by Gasteiger charge is -2.26. The lowest BCUT2D eigenvalue weighted by Crippen LogP contribution is -2.35. The van der Waals surface area contributed by atoms with Crippen molar-refractivity contribution in [3.63, 3.8) is 0 Å². The van der Waals surface area contributed by atoms with Crippen LogP contribution in [0.25, 0.3) is 0 Å². The zero-order chi connectivity index (χ0) is 11.5. The molecule has 3 heteroatoms. The van der Waals surface area contributed by atoms with Crippen molar-refractivity contribution in [1.82, 2.24) is 9.78 Å². The monoisotopic (exact) mass is 209 g/mol. The summed E-state index contributed by atoms with van der Waals surface area (Å²) in [6.07, 6.45) is 3.91. The zero-order valence-corrected chi connectivity index (χ0v) is 10.3. The average Bonchev–Trinajstić information content (AvgIpc) is 2.59. The summed E-state index contributed by atoms with van der Waals surface area (Å²) < 4.78 is 2.04. The van der Waals surface area contributed by atoms with E-state index >= 15 is 0 Å². The van der Waals surface area contributed by atoms with Gasteiger partial charge in [0, 0.05) is 24.5 Å². The van der Waals surface area contributed by atoms with E-state index in [1.165, 1.54) is 5.69 Å². The van der Waals surface area contributed by atoms with Crippen LogP contribution >= 0.6 is 0 Å². The van der Waals surface area contributed by atoms with Gasteiger partial charge in [0.05, 0.1) is 0 Å². The first-order valence-corrected chi connectivity index (χ1v) is 5.71. The summed E-state index contributed by atoms with van der Waals surface area (Å²) in [5.74, 6) is 0. The molecule has 1 heterocycles. The molecule has 3 nitrogen and oxygen atoms in total. The quantitative estimate of drug-likeness (QED) is 0.826. The molecule has 0 saturated carbocycles. The van der Waals surface area contributed by atoms with Gasteiger partial charge in [-0.1, -0.05) is 20.8 Å². The van der Waals surface area contributed by atoms with Gasteiger partial charge in [-0.05, 0) is 31.2 Å². The highest BCUT2D eigenvalue weighted by Gasteiger charge is 2.20. The normalized spacial score (nSPS) is 14.2. The molecule has 1 atom stereocenters. The minimum absolute atomic E-state index is 0.192. The Morgan fingerprint density at radius 2 is 2.13 bits per heavy atom. The molecule has 0 radical (unpaired) electrons. The third-order valence-electron chi connectivity index (χ3n) is 2.93. The van der Waals surface area contributed by atoms with Gasteiger partial charge in [0.1, 0.15) is 0 Å². The van der Waals surface area contributed by atoms with Crippen molar-refractivity contribution < 1.29 is 0 Å². The first-order valence-electron chi connectivity index (χ1n) is 5.71. The summed E-state index contributed by atoms with van der Waals surface area (Å²) in [6.45, 7) is 9.62. The molecule has 1 rings (SSSR count). The van der Waals surface area contributed by atoms with Crippen LogP contribution in [0.15, 0.2) is 12.3 Å². The predicted molar refractivity (Wildman–Crippen MR) is 63.7 cm³/mol. The van der Waals surface area contributed by atoms with Crippen molar-refractivity contribution in [1.29, 1.82) is 0 Å². The molecule has 0 amide bonds. The smallest absolute Gasteiger partial charge is 0.0492 e. The summed E-state index contributed by atoms with van der Waals surface area (Å²) >= 11 is 0. The van der Waals surface area contributed by atoms with Crippen molar-refractivity contribution in [2.24, 2.45) is 11.1 Å². The van der Waals surface area contributed by atoms with E-state index in [1.54, 1.807) is 0 Å². The summed E-state index contributed by atoms with van der Waals surface area (Å²) in [5.41, 5.74) is 7.61. The Hall–Kier alpha value is -0.830. The Morgan fingerprint density at radius 3 is 2.67 bits per heavy atom. The van der Waals surface area contributed by atoms with E-state index in [1.807, 2.05) is 10.9 Å². The summed E-state index contributed by atoms with van der Waals surface area (Å²) in [4.78, 5) is 0. The number of nitrogens with two attached hydrogens (primary N) is 1. The fraction of sp³-hybridized carbons (Fsp3) is 0.750. The molecule has 0 spiro atoms. The molecule has 0 aliphatic rings. The Labute approximate surface area is 92.7 Å². The van der Waals surface area contributed by atoms with Crippen LogP contribution in [0, 0.1) is 5.41 Å². The molecule has 1 unspecified atom stereocenters. The largest absolute Gasteiger partial charge is 0.327 e. The third-order valence-corrected chi connectivity index (χ3v) is 2.93. The molecule has 0 aliphatic heterocycles. The van der Waals surface area contributed by atoms with Crippen molar-refractivity contribution >= 4 is 0 Å². The molecule has 1 aromatic rings. The summed E-state index contributed by atoms with van der Waals surface area (Å²) in [6, 6.07) is 2.33. The van der Waals surface area contributed by atoms with Gasteiger partial charge in [-0.3, -0.25) is 4.68 Å². The van der Waals surface area contributed by atoms with Crippen LogP contribution in [-0.4, -0.2) is 15.8 Å². The van der Waals surface area contributed by atoms with Gasteiger partial charge >= 0.3 is 0 Å². The fourth-order valence-electron chi connectivity index (χ4n) is 1.59. The van der Waals surface area contributed by atoms with Gasteiger partial charge in [0.25, 0.3) is 0 Å². The van der Waals surface area contributed by atoms with Gasteiger partial charge in [-0.25, -0.2) is 0 Å². The van der Waals surface area contributed by atoms with Crippen LogP contribution in [0.4, 0.5) is 0 Å². The van der Waals surface area contributed by atoms with E-state index in [0.29, 0.717) is 0 Å². The Bertz CT molecular complexity index is 296. The molecule has 0 aliphatic carbocycles. The van der Waals surface area contributed by atoms with Crippen molar-refractivity contribution in [3.8, 4) is 0 Å². The van der Waals surface area contributed by atoms with E-state index in [-0.39, 0.29) is 11.5 Å². The van der Waals surface area contributed by atoms with Crippen LogP contribution in [0.5, 0.6) is 0 Å². The summed E-state index contributed by atoms with van der Waals surface area (Å²) in [7, 11) is 0.